The van der Waals surface area contributed by atoms with Crippen LogP contribution in [-0.4, -0.2) is 57.4 Å². The zero-order valence-electron chi connectivity index (χ0n) is 19.7. The summed E-state index contributed by atoms with van der Waals surface area (Å²) < 4.78 is 0. The van der Waals surface area contributed by atoms with Gasteiger partial charge in [0.1, 0.15) is 12.1 Å². The molecule has 0 spiro atoms. The summed E-state index contributed by atoms with van der Waals surface area (Å²) in [6.45, 7) is 9.39. The number of nitrogens with one attached hydrogen (secondary N) is 2. The first-order valence-corrected chi connectivity index (χ1v) is 12.0. The number of nitrogens with zero attached hydrogens (tertiary/aromatic N) is 2. The van der Waals surface area contributed by atoms with Crippen molar-refractivity contribution in [2.24, 2.45) is 5.92 Å². The van der Waals surface area contributed by atoms with Gasteiger partial charge in [0.2, 0.25) is 17.7 Å². The number of aryl methyl sites for hydroxylation is 2. The summed E-state index contributed by atoms with van der Waals surface area (Å²) in [5.41, 5.74) is 5.93. The van der Waals surface area contributed by atoms with E-state index in [2.05, 4.69) is 21.7 Å². The van der Waals surface area contributed by atoms with Crippen LogP contribution in [0.25, 0.3) is 10.4 Å². The molecular formula is C24H32N4O4S. The highest BCUT2D eigenvalue weighted by atomic mass is 32.1. The second kappa shape index (κ2) is 10.4. The molecule has 0 saturated carbocycles. The number of aliphatic hydroxyl groups excluding tert-OH is 1. The number of β-amino-alcohol motifs (C(OH)–C–C–N with tert-alkyl or cyclic N) is 1. The van der Waals surface area contributed by atoms with Crippen molar-refractivity contribution in [3.8, 4) is 10.4 Å². The van der Waals surface area contributed by atoms with Crippen LogP contribution in [0.2, 0.25) is 0 Å². The minimum absolute atomic E-state index is 0.0711. The molecule has 2 aromatic rings. The van der Waals surface area contributed by atoms with Gasteiger partial charge in [-0.15, -0.1) is 11.3 Å². The van der Waals surface area contributed by atoms with Crippen LogP contribution < -0.4 is 10.6 Å². The Morgan fingerprint density at radius 3 is 2.58 bits per heavy atom. The van der Waals surface area contributed by atoms with Crippen molar-refractivity contribution < 1.29 is 19.5 Å². The molecule has 0 bridgehead atoms. The lowest BCUT2D eigenvalue weighted by molar-refractivity contribution is -0.142. The lowest BCUT2D eigenvalue weighted by atomic mass is 10.0. The average molecular weight is 473 g/mol. The maximum atomic E-state index is 13.1. The number of amides is 3. The molecule has 178 valence electrons. The number of thiazole rings is 1. The van der Waals surface area contributed by atoms with Gasteiger partial charge in [-0.05, 0) is 36.5 Å². The van der Waals surface area contributed by atoms with Crippen LogP contribution in [0.3, 0.4) is 0 Å². The van der Waals surface area contributed by atoms with E-state index in [1.54, 1.807) is 11.3 Å². The van der Waals surface area contributed by atoms with Crippen molar-refractivity contribution in [1.29, 1.82) is 0 Å². The van der Waals surface area contributed by atoms with Gasteiger partial charge in [0, 0.05) is 26.4 Å². The Bertz CT molecular complexity index is 1040. The molecule has 1 saturated heterocycles. The molecule has 0 radical (unpaired) electrons. The minimum atomic E-state index is -0.779. The summed E-state index contributed by atoms with van der Waals surface area (Å²) in [6, 6.07) is 4.57. The number of benzene rings is 1. The van der Waals surface area contributed by atoms with Crippen LogP contribution in [0, 0.1) is 19.8 Å². The Morgan fingerprint density at radius 1 is 1.27 bits per heavy atom. The van der Waals surface area contributed by atoms with Crippen molar-refractivity contribution in [3.63, 3.8) is 0 Å². The first-order valence-electron chi connectivity index (χ1n) is 11.1. The molecule has 1 aromatic carbocycles. The molecule has 8 nitrogen and oxygen atoms in total. The van der Waals surface area contributed by atoms with E-state index in [4.69, 9.17) is 0 Å². The number of aromatic nitrogens is 1. The Hall–Kier alpha value is -2.78. The van der Waals surface area contributed by atoms with Gasteiger partial charge >= 0.3 is 0 Å². The Balaban J connectivity index is 1.69. The number of hydrogen-bond donors (Lipinski definition) is 3. The predicted octanol–water partition coefficient (Wildman–Crippen LogP) is 2.17. The summed E-state index contributed by atoms with van der Waals surface area (Å²) in [5, 5.41) is 15.8. The molecule has 33 heavy (non-hydrogen) atoms. The fourth-order valence-corrected chi connectivity index (χ4v) is 4.93. The molecular weight excluding hydrogens is 440 g/mol. The summed E-state index contributed by atoms with van der Waals surface area (Å²) in [4.78, 5) is 44.5. The number of carbonyl (C=O) groups is 3. The van der Waals surface area contributed by atoms with E-state index >= 15 is 0 Å². The van der Waals surface area contributed by atoms with E-state index in [1.807, 2.05) is 45.3 Å². The van der Waals surface area contributed by atoms with E-state index in [9.17, 15) is 19.5 Å². The van der Waals surface area contributed by atoms with Gasteiger partial charge < -0.3 is 20.6 Å². The highest BCUT2D eigenvalue weighted by molar-refractivity contribution is 7.13. The number of aliphatic hydroxyl groups is 1. The average Bonchev–Trinajstić information content (AvgIpc) is 3.35. The fraction of sp³-hybridized carbons (Fsp3) is 0.500. The molecule has 3 unspecified atom stereocenters. The van der Waals surface area contributed by atoms with Crippen molar-refractivity contribution >= 4 is 29.1 Å². The number of carbonyl (C=O) groups excluding carboxylic acids is 3. The number of hydrogen-bond acceptors (Lipinski definition) is 6. The van der Waals surface area contributed by atoms with Gasteiger partial charge in [0.25, 0.3) is 0 Å². The minimum Gasteiger partial charge on any atom is -0.391 e. The zero-order chi connectivity index (χ0) is 24.3. The molecule has 3 N–H and O–H groups in total. The van der Waals surface area contributed by atoms with Crippen LogP contribution in [0.15, 0.2) is 23.7 Å². The van der Waals surface area contributed by atoms with E-state index in [0.29, 0.717) is 6.54 Å². The molecule has 3 atom stereocenters. The standard InChI is InChI=1S/C24H32N4O4S/c1-13(2)21(27-16(5)29)24(32)28-11-19(30)9-20(28)23(31)25-10-18-7-6-17(8-14(18)3)22-15(4)26-12-33-22/h6-8,12-13,19-21,30H,9-11H2,1-5H3,(H,25,31)(H,27,29). The number of rotatable bonds is 7. The monoisotopic (exact) mass is 472 g/mol. The number of likely N-dealkylation sites (tertiary alicyclic amines) is 1. The largest absolute Gasteiger partial charge is 0.391 e. The van der Waals surface area contributed by atoms with Crippen molar-refractivity contribution in [3.05, 3.63) is 40.5 Å². The molecule has 1 fully saturated rings. The fourth-order valence-electron chi connectivity index (χ4n) is 4.13. The SMILES string of the molecule is CC(=O)NC(C(=O)N1CC(O)CC1C(=O)NCc1ccc(-c2scnc2C)cc1C)C(C)C. The Kier molecular flexibility index (Phi) is 7.86. The maximum Gasteiger partial charge on any atom is 0.246 e. The first kappa shape index (κ1) is 24.9. The normalized spacial score (nSPS) is 18.9. The van der Waals surface area contributed by atoms with Crippen molar-refractivity contribution in [2.45, 2.75) is 65.8 Å². The second-order valence-electron chi connectivity index (χ2n) is 8.94. The van der Waals surface area contributed by atoms with Crippen LogP contribution in [0.5, 0.6) is 0 Å². The van der Waals surface area contributed by atoms with Gasteiger partial charge in [-0.3, -0.25) is 14.4 Å². The smallest absolute Gasteiger partial charge is 0.246 e. The Labute approximate surface area is 198 Å². The molecule has 3 amide bonds. The highest BCUT2D eigenvalue weighted by Gasteiger charge is 2.41. The zero-order valence-corrected chi connectivity index (χ0v) is 20.5. The van der Waals surface area contributed by atoms with Crippen molar-refractivity contribution in [2.75, 3.05) is 6.54 Å². The molecule has 1 aliphatic heterocycles. The third kappa shape index (κ3) is 5.78. The molecule has 0 aliphatic carbocycles. The van der Waals surface area contributed by atoms with Gasteiger partial charge in [-0.1, -0.05) is 32.0 Å². The summed E-state index contributed by atoms with van der Waals surface area (Å²) in [6.07, 6.45) is -0.608. The van der Waals surface area contributed by atoms with E-state index in [-0.39, 0.29) is 36.6 Å². The first-order chi connectivity index (χ1) is 15.6. The van der Waals surface area contributed by atoms with E-state index in [1.165, 1.54) is 11.8 Å². The van der Waals surface area contributed by atoms with E-state index < -0.39 is 18.2 Å². The maximum absolute atomic E-state index is 13.1. The second-order valence-corrected chi connectivity index (χ2v) is 9.80. The van der Waals surface area contributed by atoms with Crippen molar-refractivity contribution in [1.82, 2.24) is 20.5 Å². The highest BCUT2D eigenvalue weighted by Crippen LogP contribution is 2.29. The van der Waals surface area contributed by atoms with Crippen LogP contribution in [-0.2, 0) is 20.9 Å². The molecule has 1 aromatic heterocycles. The van der Waals surface area contributed by atoms with Gasteiger partial charge in [-0.25, -0.2) is 4.98 Å². The molecule has 2 heterocycles. The van der Waals surface area contributed by atoms with Gasteiger partial charge in [0.05, 0.1) is 22.2 Å². The van der Waals surface area contributed by atoms with E-state index in [0.717, 1.165) is 27.3 Å². The third-order valence-corrected chi connectivity index (χ3v) is 6.94. The van der Waals surface area contributed by atoms with Gasteiger partial charge in [0.15, 0.2) is 0 Å². The lowest BCUT2D eigenvalue weighted by Gasteiger charge is -2.30. The van der Waals surface area contributed by atoms with Crippen LogP contribution in [0.4, 0.5) is 0 Å². The van der Waals surface area contributed by atoms with Crippen LogP contribution >= 0.6 is 11.3 Å². The quantitative estimate of drug-likeness (QED) is 0.572. The summed E-state index contributed by atoms with van der Waals surface area (Å²) in [5.74, 6) is -1.12. The summed E-state index contributed by atoms with van der Waals surface area (Å²) >= 11 is 1.59. The van der Waals surface area contributed by atoms with Crippen LogP contribution in [0.1, 0.15) is 44.0 Å². The summed E-state index contributed by atoms with van der Waals surface area (Å²) in [7, 11) is 0. The van der Waals surface area contributed by atoms with Gasteiger partial charge in [-0.2, -0.15) is 0 Å². The Morgan fingerprint density at radius 2 is 2.00 bits per heavy atom. The molecule has 3 rings (SSSR count). The predicted molar refractivity (Wildman–Crippen MR) is 127 cm³/mol. The lowest BCUT2D eigenvalue weighted by Crippen LogP contribution is -2.55. The topological polar surface area (TPSA) is 112 Å². The molecule has 9 heteroatoms. The third-order valence-electron chi connectivity index (χ3n) is 5.96. The molecule has 1 aliphatic rings.